The summed E-state index contributed by atoms with van der Waals surface area (Å²) in [5, 5.41) is 2.98. The van der Waals surface area contributed by atoms with Gasteiger partial charge in [0.2, 0.25) is 11.8 Å². The summed E-state index contributed by atoms with van der Waals surface area (Å²) in [4.78, 5) is 18.7. The molecule has 2 aliphatic rings. The number of benzene rings is 1. The fourth-order valence-corrected chi connectivity index (χ4v) is 4.17. The van der Waals surface area contributed by atoms with Crippen molar-refractivity contribution < 1.29 is 18.7 Å². The lowest BCUT2D eigenvalue weighted by atomic mass is 9.82. The average Bonchev–Trinajstić information content (AvgIpc) is 3.20. The summed E-state index contributed by atoms with van der Waals surface area (Å²) in [5.41, 5.74) is 2.09. The lowest BCUT2D eigenvalue weighted by Gasteiger charge is -2.29. The van der Waals surface area contributed by atoms with E-state index in [1.54, 1.807) is 6.20 Å². The molecule has 7 heteroatoms. The Bertz CT molecular complexity index is 915. The molecule has 1 N–H and O–H groups in total. The molecule has 1 aliphatic carbocycles. The normalized spacial score (nSPS) is 23.5. The quantitative estimate of drug-likeness (QED) is 0.656. The van der Waals surface area contributed by atoms with Gasteiger partial charge in [0.1, 0.15) is 18.0 Å². The molecule has 2 atom stereocenters. The van der Waals surface area contributed by atoms with Gasteiger partial charge in [-0.3, -0.25) is 4.79 Å². The van der Waals surface area contributed by atoms with Gasteiger partial charge in [0.05, 0.1) is 18.7 Å². The van der Waals surface area contributed by atoms with E-state index in [2.05, 4.69) is 15.2 Å². The number of aromatic nitrogens is 1. The van der Waals surface area contributed by atoms with Crippen molar-refractivity contribution in [3.63, 3.8) is 0 Å². The molecule has 0 bridgehead atoms. The Labute approximate surface area is 189 Å². The van der Waals surface area contributed by atoms with E-state index < -0.39 is 6.17 Å². The number of carbonyl (C=O) groups is 1. The van der Waals surface area contributed by atoms with E-state index in [1.807, 2.05) is 57.2 Å². The first kappa shape index (κ1) is 22.4. The van der Waals surface area contributed by atoms with Crippen LogP contribution in [0.2, 0.25) is 0 Å². The van der Waals surface area contributed by atoms with E-state index in [9.17, 15) is 9.18 Å². The van der Waals surface area contributed by atoms with Gasteiger partial charge < -0.3 is 19.7 Å². The summed E-state index contributed by atoms with van der Waals surface area (Å²) in [5.74, 6) is 1.21. The standard InChI is InChI=1S/C25H32FN3O3/c1-16(2)31-24-14-21(8-10-27-24)29-11-9-23(15-29)32-22-6-4-18(5-7-22)17(3)28-25(30)19-12-20(26)13-19/h4-8,10,14,16-17,19-20,23H,9,11-13,15H2,1-3H3,(H,28,30)/t17-,19?,20?,23+/m0/s1. The highest BCUT2D eigenvalue weighted by atomic mass is 19.1. The van der Waals surface area contributed by atoms with E-state index in [1.165, 1.54) is 0 Å². The first-order valence-electron chi connectivity index (χ1n) is 11.5. The Balaban J connectivity index is 1.28. The number of halogens is 1. The Hall–Kier alpha value is -2.83. The second-order valence-electron chi connectivity index (χ2n) is 9.06. The third-order valence-electron chi connectivity index (χ3n) is 6.08. The number of anilines is 1. The Morgan fingerprint density at radius 2 is 1.94 bits per heavy atom. The van der Waals surface area contributed by atoms with Gasteiger partial charge in [-0.15, -0.1) is 0 Å². The van der Waals surface area contributed by atoms with E-state index in [4.69, 9.17) is 9.47 Å². The second-order valence-corrected chi connectivity index (χ2v) is 9.06. The van der Waals surface area contributed by atoms with Crippen molar-refractivity contribution in [3.8, 4) is 11.6 Å². The van der Waals surface area contributed by atoms with Gasteiger partial charge in [-0.25, -0.2) is 9.37 Å². The number of nitrogens with zero attached hydrogens (tertiary/aromatic N) is 2. The molecule has 32 heavy (non-hydrogen) atoms. The summed E-state index contributed by atoms with van der Waals surface area (Å²) in [7, 11) is 0. The van der Waals surface area contributed by atoms with Crippen LogP contribution in [0.3, 0.4) is 0 Å². The molecule has 0 radical (unpaired) electrons. The van der Waals surface area contributed by atoms with Crippen LogP contribution >= 0.6 is 0 Å². The first-order valence-corrected chi connectivity index (χ1v) is 11.5. The summed E-state index contributed by atoms with van der Waals surface area (Å²) >= 11 is 0. The highest BCUT2D eigenvalue weighted by Gasteiger charge is 2.35. The first-order chi connectivity index (χ1) is 15.4. The molecule has 1 aliphatic heterocycles. The van der Waals surface area contributed by atoms with Gasteiger partial charge in [0, 0.05) is 36.8 Å². The number of alkyl halides is 1. The monoisotopic (exact) mass is 441 g/mol. The molecule has 172 valence electrons. The van der Waals surface area contributed by atoms with E-state index >= 15 is 0 Å². The zero-order chi connectivity index (χ0) is 22.7. The fraction of sp³-hybridized carbons (Fsp3) is 0.520. The van der Waals surface area contributed by atoms with Crippen LogP contribution in [0, 0.1) is 5.92 Å². The van der Waals surface area contributed by atoms with E-state index in [0.717, 1.165) is 36.5 Å². The van der Waals surface area contributed by atoms with Crippen molar-refractivity contribution in [1.29, 1.82) is 0 Å². The van der Waals surface area contributed by atoms with Crippen LogP contribution < -0.4 is 19.7 Å². The number of amides is 1. The highest BCUT2D eigenvalue weighted by molar-refractivity contribution is 5.80. The summed E-state index contributed by atoms with van der Waals surface area (Å²) in [6.45, 7) is 7.64. The van der Waals surface area contributed by atoms with Gasteiger partial charge in [0.15, 0.2) is 0 Å². The number of ether oxygens (including phenoxy) is 2. The smallest absolute Gasteiger partial charge is 0.223 e. The largest absolute Gasteiger partial charge is 0.489 e. The van der Waals surface area contributed by atoms with Crippen molar-refractivity contribution in [1.82, 2.24) is 10.3 Å². The molecule has 2 heterocycles. The molecule has 0 unspecified atom stereocenters. The molecule has 6 nitrogen and oxygen atoms in total. The van der Waals surface area contributed by atoms with Crippen LogP contribution in [-0.2, 0) is 4.79 Å². The molecule has 2 fully saturated rings. The highest BCUT2D eigenvalue weighted by Crippen LogP contribution is 2.31. The minimum atomic E-state index is -0.821. The van der Waals surface area contributed by atoms with E-state index in [0.29, 0.717) is 18.7 Å². The molecule has 1 aromatic heterocycles. The van der Waals surface area contributed by atoms with Gasteiger partial charge in [-0.2, -0.15) is 0 Å². The third-order valence-corrected chi connectivity index (χ3v) is 6.08. The number of hydrogen-bond acceptors (Lipinski definition) is 5. The maximum absolute atomic E-state index is 13.0. The number of carbonyl (C=O) groups excluding carboxylic acids is 1. The van der Waals surface area contributed by atoms with Crippen molar-refractivity contribution >= 4 is 11.6 Å². The predicted molar refractivity (Wildman–Crippen MR) is 122 cm³/mol. The van der Waals surface area contributed by atoms with Crippen LogP contribution in [0.1, 0.15) is 51.6 Å². The summed E-state index contributed by atoms with van der Waals surface area (Å²) < 4.78 is 24.9. The Morgan fingerprint density at radius 3 is 2.62 bits per heavy atom. The Morgan fingerprint density at radius 1 is 1.19 bits per heavy atom. The van der Waals surface area contributed by atoms with E-state index in [-0.39, 0.29) is 30.1 Å². The minimum absolute atomic E-state index is 0.0594. The molecule has 4 rings (SSSR count). The molecular formula is C25H32FN3O3. The van der Waals surface area contributed by atoms with Gasteiger partial charge >= 0.3 is 0 Å². The number of pyridine rings is 1. The molecule has 1 saturated heterocycles. The van der Waals surface area contributed by atoms with Crippen LogP contribution in [0.25, 0.3) is 0 Å². The van der Waals surface area contributed by atoms with Crippen LogP contribution in [0.15, 0.2) is 42.6 Å². The molecular weight excluding hydrogens is 409 g/mol. The maximum atomic E-state index is 13.0. The molecule has 1 aromatic carbocycles. The molecule has 1 saturated carbocycles. The SMILES string of the molecule is CC(C)Oc1cc(N2CC[C@@H](Oc3ccc([C@H](C)NC(=O)C4CC(F)C4)cc3)C2)ccn1. The number of nitrogens with one attached hydrogen (secondary N) is 1. The minimum Gasteiger partial charge on any atom is -0.489 e. The van der Waals surface area contributed by atoms with Gasteiger partial charge in [-0.05, 0) is 57.4 Å². The van der Waals surface area contributed by atoms with Crippen LogP contribution in [0.4, 0.5) is 10.1 Å². The molecule has 2 aromatic rings. The van der Waals surface area contributed by atoms with Crippen LogP contribution in [0.5, 0.6) is 11.6 Å². The van der Waals surface area contributed by atoms with Gasteiger partial charge in [-0.1, -0.05) is 12.1 Å². The number of hydrogen-bond donors (Lipinski definition) is 1. The van der Waals surface area contributed by atoms with Gasteiger partial charge in [0.25, 0.3) is 0 Å². The molecule has 1 amide bonds. The van der Waals surface area contributed by atoms with Crippen LogP contribution in [-0.4, -0.2) is 42.4 Å². The Kier molecular flexibility index (Phi) is 6.82. The summed E-state index contributed by atoms with van der Waals surface area (Å²) in [6.07, 6.45) is 2.78. The molecule has 0 spiro atoms. The average molecular weight is 442 g/mol. The van der Waals surface area contributed by atoms with Crippen molar-refractivity contribution in [2.75, 3.05) is 18.0 Å². The topological polar surface area (TPSA) is 63.7 Å². The third kappa shape index (κ3) is 5.50. The van der Waals surface area contributed by atoms with Crippen molar-refractivity contribution in [3.05, 3.63) is 48.2 Å². The number of rotatable bonds is 8. The maximum Gasteiger partial charge on any atom is 0.223 e. The fourth-order valence-electron chi connectivity index (χ4n) is 4.17. The predicted octanol–water partition coefficient (Wildman–Crippen LogP) is 4.45. The van der Waals surface area contributed by atoms with Crippen molar-refractivity contribution in [2.45, 2.75) is 64.5 Å². The van der Waals surface area contributed by atoms with Crippen molar-refractivity contribution in [2.24, 2.45) is 5.92 Å². The summed E-state index contributed by atoms with van der Waals surface area (Å²) in [6, 6.07) is 11.7. The zero-order valence-electron chi connectivity index (χ0n) is 19.0. The lowest BCUT2D eigenvalue weighted by Crippen LogP contribution is -2.40. The second kappa shape index (κ2) is 9.76. The lowest BCUT2D eigenvalue weighted by molar-refractivity contribution is -0.130. The zero-order valence-corrected chi connectivity index (χ0v) is 19.0.